The van der Waals surface area contributed by atoms with Crippen LogP contribution in [0.3, 0.4) is 0 Å². The van der Waals surface area contributed by atoms with Crippen LogP contribution in [0.2, 0.25) is 0 Å². The number of aromatic amines is 1. The molecule has 1 unspecified atom stereocenters. The van der Waals surface area contributed by atoms with Gasteiger partial charge in [0.1, 0.15) is 31.2 Å². The molecular formula is C28H45FN6O6. The minimum atomic E-state index is -1.46. The second-order valence-corrected chi connectivity index (χ2v) is 10.9. The van der Waals surface area contributed by atoms with Crippen molar-refractivity contribution >= 4 is 29.1 Å². The number of H-pyrrole nitrogens is 1. The summed E-state index contributed by atoms with van der Waals surface area (Å²) < 4.78 is 33.1. The van der Waals surface area contributed by atoms with Gasteiger partial charge in [0.25, 0.3) is 5.56 Å². The quantitative estimate of drug-likeness (QED) is 0.185. The summed E-state index contributed by atoms with van der Waals surface area (Å²) in [6.45, 7) is 5.57. The number of imidazole rings is 1. The molecule has 3 heterocycles. The number of fused-ring (bicyclic) bond motifs is 1. The minimum absolute atomic E-state index is 0.0503. The van der Waals surface area contributed by atoms with Gasteiger partial charge in [-0.15, -0.1) is 0 Å². The third kappa shape index (κ3) is 8.96. The molecule has 0 saturated carbocycles. The molecule has 0 amide bonds. The number of ether oxygens (including phenoxy) is 3. The summed E-state index contributed by atoms with van der Waals surface area (Å²) in [5.74, 6) is -1.63. The van der Waals surface area contributed by atoms with Crippen molar-refractivity contribution in [2.24, 2.45) is 11.7 Å². The molecule has 2 aromatic heterocycles. The number of hydrogen-bond donors (Lipinski definition) is 3. The summed E-state index contributed by atoms with van der Waals surface area (Å²) >= 11 is 0. The maximum absolute atomic E-state index is 14.9. The lowest BCUT2D eigenvalue weighted by Crippen LogP contribution is -2.42. The third-order valence-electron chi connectivity index (χ3n) is 7.68. The zero-order valence-corrected chi connectivity index (χ0v) is 24.4. The van der Waals surface area contributed by atoms with Crippen LogP contribution in [0.4, 0.5) is 10.3 Å². The first-order valence-corrected chi connectivity index (χ1v) is 14.8. The Hall–Kier alpha value is -3.06. The molecule has 13 heteroatoms. The lowest BCUT2D eigenvalue weighted by Gasteiger charge is -2.22. The Kier molecular flexibility index (Phi) is 12.5. The predicted octanol–water partition coefficient (Wildman–Crippen LogP) is 3.69. The van der Waals surface area contributed by atoms with Gasteiger partial charge in [0.2, 0.25) is 5.95 Å². The normalized spacial score (nSPS) is 21.0. The van der Waals surface area contributed by atoms with E-state index >= 15 is 0 Å². The number of nitrogens with zero attached hydrogens (tertiary/aromatic N) is 3. The van der Waals surface area contributed by atoms with E-state index in [0.717, 1.165) is 19.3 Å². The molecule has 0 radical (unpaired) electrons. The van der Waals surface area contributed by atoms with Gasteiger partial charge in [0, 0.05) is 6.42 Å². The van der Waals surface area contributed by atoms with E-state index in [0.29, 0.717) is 19.3 Å². The zero-order valence-electron chi connectivity index (χ0n) is 24.4. The van der Waals surface area contributed by atoms with Gasteiger partial charge in [0.15, 0.2) is 17.3 Å². The number of rotatable bonds is 17. The number of aromatic nitrogens is 4. The first-order chi connectivity index (χ1) is 19.7. The Morgan fingerprint density at radius 3 is 2.54 bits per heavy atom. The van der Waals surface area contributed by atoms with Crippen molar-refractivity contribution in [2.45, 2.75) is 122 Å². The molecule has 1 saturated heterocycles. The van der Waals surface area contributed by atoms with Gasteiger partial charge in [-0.2, -0.15) is 4.98 Å². The van der Waals surface area contributed by atoms with Crippen molar-refractivity contribution in [1.82, 2.24) is 19.5 Å². The molecule has 0 bridgehead atoms. The van der Waals surface area contributed by atoms with E-state index in [1.165, 1.54) is 36.6 Å². The van der Waals surface area contributed by atoms with E-state index in [1.807, 2.05) is 13.8 Å². The number of nitrogen functional groups attached to an aromatic ring is 1. The van der Waals surface area contributed by atoms with E-state index in [9.17, 15) is 18.8 Å². The highest BCUT2D eigenvalue weighted by Gasteiger charge is 2.39. The summed E-state index contributed by atoms with van der Waals surface area (Å²) in [4.78, 5) is 48.2. The number of halogens is 1. The molecule has 1 fully saturated rings. The van der Waals surface area contributed by atoms with Crippen LogP contribution in [0.5, 0.6) is 0 Å². The molecule has 0 aromatic carbocycles. The first-order valence-electron chi connectivity index (χ1n) is 14.8. The van der Waals surface area contributed by atoms with Crippen molar-refractivity contribution in [3.05, 3.63) is 16.7 Å². The van der Waals surface area contributed by atoms with Crippen LogP contribution in [0.25, 0.3) is 11.2 Å². The Morgan fingerprint density at radius 2 is 1.85 bits per heavy atom. The Bertz CT molecular complexity index is 1190. The number of nitrogens with two attached hydrogens (primary N) is 2. The van der Waals surface area contributed by atoms with Gasteiger partial charge >= 0.3 is 11.9 Å². The number of nitrogens with one attached hydrogen (secondary N) is 1. The first kappa shape index (κ1) is 32.5. The fourth-order valence-electron chi connectivity index (χ4n) is 4.81. The number of hydrogen-bond acceptors (Lipinski definition) is 10. The third-order valence-corrected chi connectivity index (χ3v) is 7.68. The highest BCUT2D eigenvalue weighted by atomic mass is 19.1. The molecule has 2 aromatic rings. The van der Waals surface area contributed by atoms with Gasteiger partial charge in [0.05, 0.1) is 6.33 Å². The van der Waals surface area contributed by atoms with Crippen LogP contribution < -0.4 is 17.0 Å². The summed E-state index contributed by atoms with van der Waals surface area (Å²) in [7, 11) is 0. The SMILES string of the molecule is CCCCCCCCCCC(OC(=O)[C@@H](N)[C@@H](C)CC)C(=O)OC[C@H]1O[C@@H](n2cnc3c(=O)[nH]c(N)nc32)C[C@@H]1F. The Morgan fingerprint density at radius 1 is 1.17 bits per heavy atom. The average Bonchev–Trinajstić information content (AvgIpc) is 3.54. The molecule has 12 nitrogen and oxygen atoms in total. The predicted molar refractivity (Wildman–Crippen MR) is 151 cm³/mol. The smallest absolute Gasteiger partial charge is 0.347 e. The van der Waals surface area contributed by atoms with Crippen LogP contribution in [0.1, 0.15) is 97.6 Å². The van der Waals surface area contributed by atoms with Crippen LogP contribution >= 0.6 is 0 Å². The monoisotopic (exact) mass is 580 g/mol. The Balaban J connectivity index is 1.57. The van der Waals surface area contributed by atoms with E-state index in [4.69, 9.17) is 25.7 Å². The van der Waals surface area contributed by atoms with Crippen molar-refractivity contribution in [3.8, 4) is 0 Å². The van der Waals surface area contributed by atoms with Crippen LogP contribution in [0.15, 0.2) is 11.1 Å². The Labute approximate surface area is 239 Å². The lowest BCUT2D eigenvalue weighted by molar-refractivity contribution is -0.173. The molecule has 230 valence electrons. The second kappa shape index (κ2) is 15.8. The maximum atomic E-state index is 14.9. The fourth-order valence-corrected chi connectivity index (χ4v) is 4.81. The summed E-state index contributed by atoms with van der Waals surface area (Å²) in [5.41, 5.74) is 11.4. The van der Waals surface area contributed by atoms with Crippen molar-refractivity contribution < 1.29 is 28.2 Å². The van der Waals surface area contributed by atoms with Gasteiger partial charge in [-0.3, -0.25) is 19.1 Å². The number of anilines is 1. The average molecular weight is 581 g/mol. The molecule has 5 N–H and O–H groups in total. The highest BCUT2D eigenvalue weighted by Crippen LogP contribution is 2.32. The summed E-state index contributed by atoms with van der Waals surface area (Å²) in [6, 6.07) is -0.858. The summed E-state index contributed by atoms with van der Waals surface area (Å²) in [5, 5.41) is 0. The number of unbranched alkanes of at least 4 members (excludes halogenated alkanes) is 7. The van der Waals surface area contributed by atoms with Crippen LogP contribution in [0, 0.1) is 5.92 Å². The van der Waals surface area contributed by atoms with E-state index in [-0.39, 0.29) is 36.1 Å². The van der Waals surface area contributed by atoms with Crippen molar-refractivity contribution in [1.29, 1.82) is 0 Å². The molecule has 3 rings (SSSR count). The molecule has 0 aliphatic carbocycles. The van der Waals surface area contributed by atoms with Gasteiger partial charge in [-0.1, -0.05) is 72.1 Å². The molecule has 0 spiro atoms. The number of alkyl halides is 1. The van der Waals surface area contributed by atoms with Crippen molar-refractivity contribution in [2.75, 3.05) is 12.3 Å². The molecular weight excluding hydrogens is 535 g/mol. The van der Waals surface area contributed by atoms with Crippen molar-refractivity contribution in [3.63, 3.8) is 0 Å². The topological polar surface area (TPSA) is 177 Å². The zero-order chi connectivity index (χ0) is 29.9. The maximum Gasteiger partial charge on any atom is 0.347 e. The molecule has 41 heavy (non-hydrogen) atoms. The number of carbonyl (C=O) groups is 2. The molecule has 6 atom stereocenters. The number of carbonyl (C=O) groups excluding carboxylic acids is 2. The highest BCUT2D eigenvalue weighted by molar-refractivity contribution is 5.82. The summed E-state index contributed by atoms with van der Waals surface area (Å²) in [6.07, 6.45) is 6.30. The van der Waals surface area contributed by atoms with E-state index in [2.05, 4.69) is 21.9 Å². The number of esters is 2. The molecule has 1 aliphatic rings. The van der Waals surface area contributed by atoms with E-state index in [1.54, 1.807) is 0 Å². The lowest BCUT2D eigenvalue weighted by atomic mass is 10.0. The minimum Gasteiger partial charge on any atom is -0.460 e. The largest absolute Gasteiger partial charge is 0.460 e. The molecule has 1 aliphatic heterocycles. The van der Waals surface area contributed by atoms with Gasteiger partial charge in [-0.25, -0.2) is 14.2 Å². The van der Waals surface area contributed by atoms with Crippen LogP contribution in [-0.4, -0.2) is 62.5 Å². The van der Waals surface area contributed by atoms with Gasteiger partial charge in [-0.05, 0) is 18.8 Å². The van der Waals surface area contributed by atoms with Crippen LogP contribution in [-0.2, 0) is 23.8 Å². The van der Waals surface area contributed by atoms with E-state index < -0.39 is 48.1 Å². The van der Waals surface area contributed by atoms with Gasteiger partial charge < -0.3 is 25.7 Å². The second-order valence-electron chi connectivity index (χ2n) is 10.9. The standard InChI is InChI=1S/C28H45FN6O6/c1-4-6-7-8-9-10-11-12-13-19(41-27(38)22(30)17(3)5-2)26(37)39-15-20-18(29)14-21(40-20)35-16-32-23-24(35)33-28(31)34-25(23)36/h16-22H,4-15,30H2,1-3H3,(H3,31,33,34,36)/t17-,18-,19?,20+,21+,22-/m0/s1. The fraction of sp³-hybridized carbons (Fsp3) is 0.750.